The topological polar surface area (TPSA) is 77.8 Å². The van der Waals surface area contributed by atoms with Gasteiger partial charge in [0.2, 0.25) is 5.62 Å². The highest BCUT2D eigenvalue weighted by atomic mass is 19.1. The zero-order chi connectivity index (χ0) is 24.6. The number of aromatic nitrogens is 2. The van der Waals surface area contributed by atoms with E-state index in [2.05, 4.69) is 11.6 Å². The summed E-state index contributed by atoms with van der Waals surface area (Å²) in [5.74, 6) is 0.287. The van der Waals surface area contributed by atoms with Crippen LogP contribution >= 0.6 is 0 Å². The highest BCUT2D eigenvalue weighted by Crippen LogP contribution is 2.30. The molecular formula is C26H28FN5O2. The summed E-state index contributed by atoms with van der Waals surface area (Å²) in [6.07, 6.45) is 5.20. The van der Waals surface area contributed by atoms with E-state index in [0.29, 0.717) is 29.0 Å². The van der Waals surface area contributed by atoms with Crippen LogP contribution < -0.4 is 31.9 Å². The normalized spacial score (nSPS) is 17.9. The molecule has 0 bridgehead atoms. The monoisotopic (exact) mass is 461 g/mol. The fraction of sp³-hybridized carbons (Fsp3) is 0.231. The molecule has 0 radical (unpaired) electrons. The van der Waals surface area contributed by atoms with E-state index in [1.807, 2.05) is 38.2 Å². The SMILES string of the molecule is C=CN(/C=C(/C)N)c1ccc(/C=c2/c(=O)n3c(n2C)=NCC3(C)c2ccc(F)cc2)cc1OC. The quantitative estimate of drug-likeness (QED) is 0.611. The van der Waals surface area contributed by atoms with Crippen molar-refractivity contribution in [2.75, 3.05) is 18.6 Å². The van der Waals surface area contributed by atoms with Gasteiger partial charge >= 0.3 is 0 Å². The van der Waals surface area contributed by atoms with E-state index >= 15 is 0 Å². The van der Waals surface area contributed by atoms with Crippen LogP contribution in [0.4, 0.5) is 10.1 Å². The van der Waals surface area contributed by atoms with Crippen LogP contribution in [0.2, 0.25) is 0 Å². The van der Waals surface area contributed by atoms with Gasteiger partial charge in [0.05, 0.1) is 24.9 Å². The molecule has 8 heteroatoms. The zero-order valence-corrected chi connectivity index (χ0v) is 19.7. The van der Waals surface area contributed by atoms with E-state index in [0.717, 1.165) is 16.8 Å². The molecule has 1 aliphatic heterocycles. The highest BCUT2D eigenvalue weighted by Gasteiger charge is 2.36. The Balaban J connectivity index is 1.83. The minimum Gasteiger partial charge on any atom is -0.495 e. The average Bonchev–Trinajstić information content (AvgIpc) is 3.29. The minimum atomic E-state index is -0.692. The summed E-state index contributed by atoms with van der Waals surface area (Å²) >= 11 is 0. The molecule has 0 fully saturated rings. The lowest BCUT2D eigenvalue weighted by atomic mass is 9.92. The van der Waals surface area contributed by atoms with E-state index in [-0.39, 0.29) is 11.4 Å². The minimum absolute atomic E-state index is 0.164. The van der Waals surface area contributed by atoms with Crippen molar-refractivity contribution in [3.63, 3.8) is 0 Å². The molecule has 0 saturated carbocycles. The maximum atomic E-state index is 13.5. The maximum Gasteiger partial charge on any atom is 0.278 e. The van der Waals surface area contributed by atoms with E-state index < -0.39 is 5.54 Å². The van der Waals surface area contributed by atoms with Gasteiger partial charge in [-0.15, -0.1) is 0 Å². The molecule has 2 N–H and O–H groups in total. The largest absolute Gasteiger partial charge is 0.495 e. The molecule has 0 aliphatic carbocycles. The van der Waals surface area contributed by atoms with Crippen molar-refractivity contribution in [2.24, 2.45) is 17.8 Å². The lowest BCUT2D eigenvalue weighted by molar-refractivity contribution is 0.415. The predicted molar refractivity (Wildman–Crippen MR) is 132 cm³/mol. The molecule has 1 aliphatic rings. The Morgan fingerprint density at radius 2 is 2.00 bits per heavy atom. The Kier molecular flexibility index (Phi) is 5.91. The van der Waals surface area contributed by atoms with Crippen molar-refractivity contribution in [3.05, 3.63) is 105 Å². The fourth-order valence-corrected chi connectivity index (χ4v) is 4.31. The molecule has 176 valence electrons. The smallest absolute Gasteiger partial charge is 0.278 e. The van der Waals surface area contributed by atoms with E-state index in [9.17, 15) is 9.18 Å². The number of hydrogen-bond acceptors (Lipinski definition) is 5. The number of rotatable bonds is 6. The summed E-state index contributed by atoms with van der Waals surface area (Å²) in [5.41, 5.74) is 8.56. The molecule has 34 heavy (non-hydrogen) atoms. The maximum absolute atomic E-state index is 13.5. The highest BCUT2D eigenvalue weighted by molar-refractivity contribution is 5.67. The van der Waals surface area contributed by atoms with Gasteiger partial charge in [0, 0.05) is 25.1 Å². The van der Waals surface area contributed by atoms with Crippen molar-refractivity contribution < 1.29 is 9.13 Å². The van der Waals surface area contributed by atoms with Crippen LogP contribution in [0.25, 0.3) is 6.08 Å². The third kappa shape index (κ3) is 3.81. The molecule has 4 rings (SSSR count). The number of anilines is 1. The molecule has 2 aromatic carbocycles. The first kappa shape index (κ1) is 23.1. The molecule has 3 aromatic rings. The third-order valence-corrected chi connectivity index (χ3v) is 6.10. The van der Waals surface area contributed by atoms with Gasteiger partial charge in [0.1, 0.15) is 16.9 Å². The summed E-state index contributed by atoms with van der Waals surface area (Å²) in [6.45, 7) is 7.98. The fourth-order valence-electron chi connectivity index (χ4n) is 4.31. The second kappa shape index (κ2) is 8.70. The van der Waals surface area contributed by atoms with E-state index in [1.165, 1.54) is 12.1 Å². The Hall–Kier alpha value is -4.07. The van der Waals surface area contributed by atoms with Gasteiger partial charge in [-0.25, -0.2) is 9.38 Å². The first-order chi connectivity index (χ1) is 16.2. The molecule has 2 heterocycles. The Morgan fingerprint density at radius 1 is 1.29 bits per heavy atom. The second-order valence-electron chi connectivity index (χ2n) is 8.52. The molecule has 1 atom stereocenters. The Morgan fingerprint density at radius 3 is 2.62 bits per heavy atom. The number of nitrogens with two attached hydrogens (primary N) is 1. The second-order valence-corrected chi connectivity index (χ2v) is 8.52. The molecule has 0 amide bonds. The van der Waals surface area contributed by atoms with E-state index in [4.69, 9.17) is 10.5 Å². The van der Waals surface area contributed by atoms with Crippen molar-refractivity contribution in [1.29, 1.82) is 0 Å². The number of nitrogens with zero attached hydrogens (tertiary/aromatic N) is 4. The van der Waals surface area contributed by atoms with Gasteiger partial charge < -0.3 is 19.9 Å². The number of halogens is 1. The van der Waals surface area contributed by atoms with Gasteiger partial charge in [0.15, 0.2) is 0 Å². The van der Waals surface area contributed by atoms with Crippen LogP contribution in [0, 0.1) is 5.82 Å². The average molecular weight is 462 g/mol. The first-order valence-corrected chi connectivity index (χ1v) is 10.8. The Bertz CT molecular complexity index is 1460. The van der Waals surface area contributed by atoms with Gasteiger partial charge in [-0.05, 0) is 55.3 Å². The number of hydrogen-bond donors (Lipinski definition) is 1. The molecule has 0 spiro atoms. The molecule has 1 aromatic heterocycles. The number of imidazole rings is 1. The number of ether oxygens (including phenoxy) is 1. The molecular weight excluding hydrogens is 433 g/mol. The van der Waals surface area contributed by atoms with Crippen LogP contribution in [0.5, 0.6) is 5.75 Å². The predicted octanol–water partition coefficient (Wildman–Crippen LogP) is 2.33. The Labute approximate surface area is 197 Å². The first-order valence-electron chi connectivity index (χ1n) is 10.8. The summed E-state index contributed by atoms with van der Waals surface area (Å²) < 4.78 is 22.5. The van der Waals surface area contributed by atoms with Crippen molar-refractivity contribution in [2.45, 2.75) is 19.4 Å². The molecule has 0 saturated heterocycles. The standard InChI is InChI=1S/C26H28FN5O2/c1-6-31(15-17(2)28)21-12-7-18(14-23(21)34-5)13-22-24(33)32-25(30(22)4)29-16-26(32,3)19-8-10-20(27)11-9-19/h6-15H,1,16,28H2,2-5H3/b17-15-,22-13-. The van der Waals surface area contributed by atoms with Crippen LogP contribution in [0.1, 0.15) is 25.0 Å². The van der Waals surface area contributed by atoms with Crippen LogP contribution in [0.15, 0.2) is 76.9 Å². The summed E-state index contributed by atoms with van der Waals surface area (Å²) in [4.78, 5) is 20.0. The van der Waals surface area contributed by atoms with E-state index in [1.54, 1.807) is 52.6 Å². The van der Waals surface area contributed by atoms with Crippen LogP contribution in [-0.2, 0) is 12.6 Å². The van der Waals surface area contributed by atoms with Crippen LogP contribution in [0.3, 0.4) is 0 Å². The number of fused-ring (bicyclic) bond motifs is 1. The molecule has 7 nitrogen and oxygen atoms in total. The van der Waals surface area contributed by atoms with Gasteiger partial charge in [-0.2, -0.15) is 0 Å². The van der Waals surface area contributed by atoms with Crippen LogP contribution in [-0.4, -0.2) is 22.8 Å². The lowest BCUT2D eigenvalue weighted by Crippen LogP contribution is -2.44. The molecule has 1 unspecified atom stereocenters. The van der Waals surface area contributed by atoms with Gasteiger partial charge in [-0.1, -0.05) is 24.8 Å². The zero-order valence-electron chi connectivity index (χ0n) is 19.7. The summed E-state index contributed by atoms with van der Waals surface area (Å²) in [7, 11) is 3.40. The van der Waals surface area contributed by atoms with Crippen molar-refractivity contribution in [3.8, 4) is 5.75 Å². The lowest BCUT2D eigenvalue weighted by Gasteiger charge is -2.25. The van der Waals surface area contributed by atoms with Gasteiger partial charge in [0.25, 0.3) is 5.56 Å². The number of benzene rings is 2. The number of methoxy groups -OCH3 is 1. The van der Waals surface area contributed by atoms with Crippen molar-refractivity contribution in [1.82, 2.24) is 9.13 Å². The third-order valence-electron chi connectivity index (χ3n) is 6.10. The van der Waals surface area contributed by atoms with Crippen molar-refractivity contribution >= 4 is 11.8 Å². The summed E-state index contributed by atoms with van der Waals surface area (Å²) in [6, 6.07) is 11.8. The van der Waals surface area contributed by atoms with Gasteiger partial charge in [-0.3, -0.25) is 9.36 Å². The number of allylic oxidation sites excluding steroid dienone is 1. The summed E-state index contributed by atoms with van der Waals surface area (Å²) in [5, 5.41) is 0.486.